The number of hydrogen-bond acceptors (Lipinski definition) is 5. The minimum absolute atomic E-state index is 0.316. The molecule has 2 aromatic rings. The van der Waals surface area contributed by atoms with E-state index < -0.39 is 0 Å². The molecule has 0 spiro atoms. The molecule has 6 heteroatoms. The summed E-state index contributed by atoms with van der Waals surface area (Å²) in [5.74, 6) is 1.70. The van der Waals surface area contributed by atoms with E-state index in [1.54, 1.807) is 12.1 Å². The summed E-state index contributed by atoms with van der Waals surface area (Å²) in [6.45, 7) is 4.75. The van der Waals surface area contributed by atoms with E-state index in [1.165, 1.54) is 13.3 Å². The summed E-state index contributed by atoms with van der Waals surface area (Å²) >= 11 is 6.20. The summed E-state index contributed by atoms with van der Waals surface area (Å²) in [4.78, 5) is 0. The summed E-state index contributed by atoms with van der Waals surface area (Å²) in [6.07, 6.45) is 1.27. The number of aryl methyl sites for hydroxylation is 2. The molecule has 1 N–H and O–H groups in total. The summed E-state index contributed by atoms with van der Waals surface area (Å²) < 4.78 is 16.7. The fourth-order valence-electron chi connectivity index (χ4n) is 2.34. The van der Waals surface area contributed by atoms with Gasteiger partial charge in [-0.25, -0.2) is 0 Å². The third kappa shape index (κ3) is 4.80. The lowest BCUT2D eigenvalue weighted by Gasteiger charge is -2.14. The fraction of sp³-hybridized carbons (Fsp3) is 0.278. The minimum Gasteiger partial charge on any atom is -0.493 e. The van der Waals surface area contributed by atoms with Crippen molar-refractivity contribution in [2.75, 3.05) is 20.3 Å². The Bertz CT molecular complexity index is 711. The van der Waals surface area contributed by atoms with E-state index >= 15 is 0 Å². The van der Waals surface area contributed by atoms with Gasteiger partial charge in [-0.2, -0.15) is 0 Å². The molecule has 0 unspecified atom stereocenters. The van der Waals surface area contributed by atoms with Gasteiger partial charge in [-0.1, -0.05) is 22.8 Å². The molecule has 5 nitrogen and oxygen atoms in total. The SMILES string of the molecule is COc1cc(C=NO)cc(Cl)c1OCCOc1cc(C)cc(C)c1. The zero-order valence-corrected chi connectivity index (χ0v) is 14.6. The first kappa shape index (κ1) is 17.9. The summed E-state index contributed by atoms with van der Waals surface area (Å²) in [7, 11) is 1.52. The molecule has 0 saturated heterocycles. The molecular formula is C18H20ClNO4. The first-order valence-corrected chi connectivity index (χ1v) is 7.80. The van der Waals surface area contributed by atoms with Crippen molar-refractivity contribution in [2.24, 2.45) is 5.16 Å². The standard InChI is InChI=1S/C18H20ClNO4/c1-12-6-13(2)8-15(7-12)23-4-5-24-18-16(19)9-14(11-20-21)10-17(18)22-3/h6-11,21H,4-5H2,1-3H3. The van der Waals surface area contributed by atoms with Crippen molar-refractivity contribution in [1.82, 2.24) is 0 Å². The van der Waals surface area contributed by atoms with Crippen LogP contribution in [0.2, 0.25) is 5.02 Å². The number of benzene rings is 2. The van der Waals surface area contributed by atoms with Gasteiger partial charge in [-0.15, -0.1) is 0 Å². The fourth-order valence-corrected chi connectivity index (χ4v) is 2.61. The lowest BCUT2D eigenvalue weighted by molar-refractivity contribution is 0.211. The highest BCUT2D eigenvalue weighted by Crippen LogP contribution is 2.36. The molecule has 0 atom stereocenters. The van der Waals surface area contributed by atoms with Crippen LogP contribution in [0.5, 0.6) is 17.2 Å². The molecule has 0 radical (unpaired) electrons. The number of nitrogens with zero attached hydrogens (tertiary/aromatic N) is 1. The molecular weight excluding hydrogens is 330 g/mol. The van der Waals surface area contributed by atoms with E-state index in [0.29, 0.717) is 35.3 Å². The van der Waals surface area contributed by atoms with E-state index in [9.17, 15) is 0 Å². The van der Waals surface area contributed by atoms with Gasteiger partial charge in [0.1, 0.15) is 19.0 Å². The maximum Gasteiger partial charge on any atom is 0.179 e. The Labute approximate surface area is 146 Å². The molecule has 0 fully saturated rings. The van der Waals surface area contributed by atoms with Crippen LogP contribution in [0.1, 0.15) is 16.7 Å². The lowest BCUT2D eigenvalue weighted by Crippen LogP contribution is -2.10. The Morgan fingerprint density at radius 2 is 1.71 bits per heavy atom. The van der Waals surface area contributed by atoms with Crippen molar-refractivity contribution < 1.29 is 19.4 Å². The Balaban J connectivity index is 1.99. The predicted molar refractivity (Wildman–Crippen MR) is 94.3 cm³/mol. The Kier molecular flexibility index (Phi) is 6.32. The van der Waals surface area contributed by atoms with Crippen LogP contribution in [0.15, 0.2) is 35.5 Å². The third-order valence-electron chi connectivity index (χ3n) is 3.25. The Morgan fingerprint density at radius 3 is 2.33 bits per heavy atom. The van der Waals surface area contributed by atoms with Crippen LogP contribution in [0, 0.1) is 13.8 Å². The first-order valence-electron chi connectivity index (χ1n) is 7.42. The van der Waals surface area contributed by atoms with E-state index in [4.69, 9.17) is 31.0 Å². The third-order valence-corrected chi connectivity index (χ3v) is 3.53. The highest BCUT2D eigenvalue weighted by Gasteiger charge is 2.11. The van der Waals surface area contributed by atoms with Crippen LogP contribution >= 0.6 is 11.6 Å². The monoisotopic (exact) mass is 349 g/mol. The van der Waals surface area contributed by atoms with E-state index in [0.717, 1.165) is 16.9 Å². The highest BCUT2D eigenvalue weighted by molar-refractivity contribution is 6.32. The molecule has 0 heterocycles. The van der Waals surface area contributed by atoms with Crippen molar-refractivity contribution in [3.05, 3.63) is 52.0 Å². The van der Waals surface area contributed by atoms with Gasteiger partial charge >= 0.3 is 0 Å². The zero-order chi connectivity index (χ0) is 17.5. The van der Waals surface area contributed by atoms with Crippen molar-refractivity contribution in [3.63, 3.8) is 0 Å². The summed E-state index contributed by atoms with van der Waals surface area (Å²) in [6, 6.07) is 9.34. The largest absolute Gasteiger partial charge is 0.493 e. The molecule has 0 bridgehead atoms. The molecule has 128 valence electrons. The molecule has 0 aliphatic carbocycles. The van der Waals surface area contributed by atoms with Crippen LogP contribution in [0.25, 0.3) is 0 Å². The lowest BCUT2D eigenvalue weighted by atomic mass is 10.1. The Hall–Kier alpha value is -2.40. The van der Waals surface area contributed by atoms with Gasteiger partial charge in [0.25, 0.3) is 0 Å². The predicted octanol–water partition coefficient (Wildman–Crippen LogP) is 4.23. The average molecular weight is 350 g/mol. The van der Waals surface area contributed by atoms with Crippen molar-refractivity contribution in [1.29, 1.82) is 0 Å². The van der Waals surface area contributed by atoms with Crippen molar-refractivity contribution in [3.8, 4) is 17.2 Å². The van der Waals surface area contributed by atoms with E-state index in [1.807, 2.05) is 26.0 Å². The molecule has 2 aromatic carbocycles. The van der Waals surface area contributed by atoms with Gasteiger partial charge in [0.15, 0.2) is 11.5 Å². The number of halogens is 1. The van der Waals surface area contributed by atoms with E-state index in [-0.39, 0.29) is 0 Å². The summed E-state index contributed by atoms with van der Waals surface area (Å²) in [5, 5.41) is 11.9. The molecule has 0 saturated carbocycles. The maximum absolute atomic E-state index is 8.60. The number of hydrogen-bond donors (Lipinski definition) is 1. The van der Waals surface area contributed by atoms with Gasteiger partial charge < -0.3 is 19.4 Å². The van der Waals surface area contributed by atoms with Gasteiger partial charge in [0, 0.05) is 5.56 Å². The molecule has 2 rings (SSSR count). The summed E-state index contributed by atoms with van der Waals surface area (Å²) in [5.41, 5.74) is 2.91. The van der Waals surface area contributed by atoms with E-state index in [2.05, 4.69) is 11.2 Å². The number of oxime groups is 1. The van der Waals surface area contributed by atoms with Crippen LogP contribution < -0.4 is 14.2 Å². The zero-order valence-electron chi connectivity index (χ0n) is 13.9. The number of methoxy groups -OCH3 is 1. The van der Waals surface area contributed by atoms with Crippen LogP contribution in [-0.4, -0.2) is 31.7 Å². The van der Waals surface area contributed by atoms with Crippen molar-refractivity contribution >= 4 is 17.8 Å². The quantitative estimate of drug-likeness (QED) is 0.351. The van der Waals surface area contributed by atoms with Crippen LogP contribution in [0.4, 0.5) is 0 Å². The normalized spacial score (nSPS) is 10.8. The second-order valence-electron chi connectivity index (χ2n) is 5.30. The van der Waals surface area contributed by atoms with Gasteiger partial charge in [-0.3, -0.25) is 0 Å². The molecule has 0 amide bonds. The number of rotatable bonds is 7. The van der Waals surface area contributed by atoms with Crippen LogP contribution in [-0.2, 0) is 0 Å². The van der Waals surface area contributed by atoms with Crippen molar-refractivity contribution in [2.45, 2.75) is 13.8 Å². The molecule has 0 aromatic heterocycles. The van der Waals surface area contributed by atoms with Gasteiger partial charge in [0.05, 0.1) is 18.3 Å². The first-order chi connectivity index (χ1) is 11.5. The van der Waals surface area contributed by atoms with Gasteiger partial charge in [0.2, 0.25) is 0 Å². The topological polar surface area (TPSA) is 60.3 Å². The van der Waals surface area contributed by atoms with Gasteiger partial charge in [-0.05, 0) is 49.2 Å². The highest BCUT2D eigenvalue weighted by atomic mass is 35.5. The number of ether oxygens (including phenoxy) is 3. The van der Waals surface area contributed by atoms with Crippen LogP contribution in [0.3, 0.4) is 0 Å². The second kappa shape index (κ2) is 8.45. The molecule has 0 aliphatic rings. The minimum atomic E-state index is 0.316. The Morgan fingerprint density at radius 1 is 1.04 bits per heavy atom. The molecule has 24 heavy (non-hydrogen) atoms. The maximum atomic E-state index is 8.60. The second-order valence-corrected chi connectivity index (χ2v) is 5.71. The smallest absolute Gasteiger partial charge is 0.179 e. The average Bonchev–Trinajstić information content (AvgIpc) is 2.52. The molecule has 0 aliphatic heterocycles.